The predicted molar refractivity (Wildman–Crippen MR) is 350 cm³/mol. The number of aryl methyl sites for hydroxylation is 1. The van der Waals surface area contributed by atoms with Crippen LogP contribution in [0.2, 0.25) is 28.2 Å². The van der Waals surface area contributed by atoms with Crippen LogP contribution in [0.3, 0.4) is 0 Å². The van der Waals surface area contributed by atoms with Gasteiger partial charge in [-0.25, -0.2) is 0 Å². The van der Waals surface area contributed by atoms with E-state index in [0.717, 1.165) is 221 Å². The van der Waals surface area contributed by atoms with Crippen molar-refractivity contribution in [1.29, 1.82) is 0 Å². The lowest BCUT2D eigenvalue weighted by Crippen LogP contribution is -2.40. The molecule has 10 heterocycles. The minimum Gasteiger partial charge on any atom is -0.491 e. The van der Waals surface area contributed by atoms with Gasteiger partial charge in [0, 0.05) is 68.0 Å². The SMILES string of the molecule is [SiH3]C1CC2CC1C(COCC1CO1)(COCC1CO1)C2.[SiH3]C1CC2CC1C(COCC1CO1)C2COCC1CO1.[SiH3]C1CC2CC1CC2(COCC1CO1)COCC1CO1.[SiH3]C1CC2OC1CC2COCC1CO1.[SiH3]CCc1ccc(OCC2CO2)cc1. The topological polar surface area (TPSA) is 183 Å². The maximum atomic E-state index is 6.00. The molecule has 0 amide bonds. The molecule has 16 aliphatic rings. The summed E-state index contributed by atoms with van der Waals surface area (Å²) in [5.41, 5.74) is 5.91. The zero-order chi connectivity index (χ0) is 60.0. The van der Waals surface area contributed by atoms with Gasteiger partial charge in [-0.05, 0) is 128 Å². The average Bonchev–Trinajstić information content (AvgIpc) is 2.02. The van der Waals surface area contributed by atoms with Gasteiger partial charge in [-0.15, -0.1) is 0 Å². The highest BCUT2D eigenvalue weighted by atomic mass is 28.2. The Morgan fingerprint density at radius 1 is 0.409 bits per heavy atom. The first-order chi connectivity index (χ1) is 43.0. The zero-order valence-electron chi connectivity index (χ0n) is 54.3. The Labute approximate surface area is 540 Å². The second-order valence-corrected chi connectivity index (χ2v) is 37.5. The molecule has 17 rings (SSSR count). The minimum atomic E-state index is 0.287. The van der Waals surface area contributed by atoms with E-state index in [1.807, 2.05) is 0 Å². The van der Waals surface area contributed by atoms with E-state index in [0.29, 0.717) is 79.0 Å². The summed E-state index contributed by atoms with van der Waals surface area (Å²) in [6, 6.07) is 9.74. The summed E-state index contributed by atoms with van der Waals surface area (Å²) >= 11 is 0. The Balaban J connectivity index is 0.000000102. The van der Waals surface area contributed by atoms with Crippen molar-refractivity contribution in [1.82, 2.24) is 0 Å². The van der Waals surface area contributed by atoms with Gasteiger partial charge in [0.2, 0.25) is 0 Å². The molecule has 0 N–H and O–H groups in total. The van der Waals surface area contributed by atoms with Crippen molar-refractivity contribution in [2.24, 2.45) is 64.1 Å². The third kappa shape index (κ3) is 19.4. The van der Waals surface area contributed by atoms with Crippen LogP contribution in [0.1, 0.15) is 69.8 Å². The number of epoxide rings is 8. The first-order valence-corrected chi connectivity index (χ1v) is 41.4. The Morgan fingerprint density at radius 2 is 0.909 bits per heavy atom. The lowest BCUT2D eigenvalue weighted by Gasteiger charge is -2.40. The van der Waals surface area contributed by atoms with Crippen molar-refractivity contribution in [3.63, 3.8) is 0 Å². The number of fused-ring (bicyclic) bond motifs is 8. The fraction of sp³-hybridized carbons (Fsp3) is 0.909. The maximum absolute atomic E-state index is 6.00. The average molecular weight is 1320 g/mol. The molecule has 23 unspecified atom stereocenters. The molecule has 1 aromatic carbocycles. The van der Waals surface area contributed by atoms with Gasteiger partial charge in [0.25, 0.3) is 0 Å². The normalized spacial score (nSPS) is 44.4. The monoisotopic (exact) mass is 1320 g/mol. The molecule has 16 fully saturated rings. The van der Waals surface area contributed by atoms with Gasteiger partial charge in [0.1, 0.15) is 61.2 Å². The molecule has 23 atom stereocenters. The molecule has 6 saturated carbocycles. The van der Waals surface area contributed by atoms with Gasteiger partial charge in [-0.3, -0.25) is 0 Å². The summed E-state index contributed by atoms with van der Waals surface area (Å²) < 4.78 is 94.4. The fourth-order valence-electron chi connectivity index (χ4n) is 17.4. The van der Waals surface area contributed by atoms with Gasteiger partial charge < -0.3 is 80.5 Å². The Hall–Kier alpha value is -0.536. The second kappa shape index (κ2) is 31.1. The van der Waals surface area contributed by atoms with Crippen molar-refractivity contribution >= 4 is 51.2 Å². The molecule has 17 nitrogen and oxygen atoms in total. The summed E-state index contributed by atoms with van der Waals surface area (Å²) in [5, 5.41) is 0. The molecule has 6 aliphatic carbocycles. The molecule has 8 bridgehead atoms. The molecule has 1 aromatic rings. The van der Waals surface area contributed by atoms with Crippen molar-refractivity contribution in [3.8, 4) is 5.75 Å². The number of hydrogen-bond acceptors (Lipinski definition) is 17. The van der Waals surface area contributed by atoms with E-state index in [1.165, 1.54) is 133 Å². The van der Waals surface area contributed by atoms with E-state index in [2.05, 4.69) is 24.3 Å². The molecule has 88 heavy (non-hydrogen) atoms. The summed E-state index contributed by atoms with van der Waals surface area (Å²) in [6.45, 7) is 19.5. The molecule has 0 radical (unpaired) electrons. The minimum absolute atomic E-state index is 0.287. The fourth-order valence-corrected chi connectivity index (χ4v) is 23.0. The first kappa shape index (κ1) is 66.1. The largest absolute Gasteiger partial charge is 0.491 e. The smallest absolute Gasteiger partial charge is 0.119 e. The van der Waals surface area contributed by atoms with E-state index in [1.54, 1.807) is 0 Å². The number of rotatable bonds is 33. The van der Waals surface area contributed by atoms with Crippen LogP contribution in [0, 0.1) is 64.1 Å². The van der Waals surface area contributed by atoms with Crippen molar-refractivity contribution in [2.45, 2.75) is 160 Å². The van der Waals surface area contributed by atoms with Crippen LogP contribution in [-0.2, 0) is 82.2 Å². The Kier molecular flexibility index (Phi) is 23.4. The van der Waals surface area contributed by atoms with E-state index in [-0.39, 0.29) is 5.41 Å². The first-order valence-electron chi connectivity index (χ1n) is 35.4. The second-order valence-electron chi connectivity index (χ2n) is 30.6. The lowest BCUT2D eigenvalue weighted by molar-refractivity contribution is -0.0569. The highest BCUT2D eigenvalue weighted by Gasteiger charge is 2.56. The number of hydrogen-bond donors (Lipinski definition) is 0. The Bertz CT molecular complexity index is 2230. The van der Waals surface area contributed by atoms with E-state index >= 15 is 0 Å². The molecule has 498 valence electrons. The van der Waals surface area contributed by atoms with Crippen LogP contribution in [0.5, 0.6) is 5.75 Å². The quantitative estimate of drug-likeness (QED) is 0.0730. The number of ether oxygens (including phenoxy) is 17. The third-order valence-electron chi connectivity index (χ3n) is 23.1. The van der Waals surface area contributed by atoms with Gasteiger partial charge in [0.05, 0.1) is 158 Å². The lowest BCUT2D eigenvalue weighted by atomic mass is 9.74. The van der Waals surface area contributed by atoms with Gasteiger partial charge in [-0.1, -0.05) is 47.6 Å². The predicted octanol–water partition coefficient (Wildman–Crippen LogP) is 1.54. The van der Waals surface area contributed by atoms with Gasteiger partial charge in [-0.2, -0.15) is 0 Å². The number of benzene rings is 1. The molecular weight excluding hydrogens is 1210 g/mol. The van der Waals surface area contributed by atoms with Crippen LogP contribution in [0.15, 0.2) is 24.3 Å². The molecule has 10 saturated heterocycles. The van der Waals surface area contributed by atoms with Gasteiger partial charge >= 0.3 is 0 Å². The van der Waals surface area contributed by atoms with Crippen molar-refractivity contribution in [3.05, 3.63) is 29.8 Å². The molecule has 0 spiro atoms. The summed E-state index contributed by atoms with van der Waals surface area (Å²) in [6.07, 6.45) is 19.1. The van der Waals surface area contributed by atoms with E-state index in [4.69, 9.17) is 80.5 Å². The van der Waals surface area contributed by atoms with Crippen LogP contribution < -0.4 is 4.74 Å². The van der Waals surface area contributed by atoms with Crippen LogP contribution >= 0.6 is 0 Å². The van der Waals surface area contributed by atoms with Crippen LogP contribution in [0.25, 0.3) is 0 Å². The van der Waals surface area contributed by atoms with Crippen LogP contribution in [0.4, 0.5) is 0 Å². The van der Waals surface area contributed by atoms with Gasteiger partial charge in [0.15, 0.2) is 0 Å². The summed E-state index contributed by atoms with van der Waals surface area (Å²) in [7, 11) is 6.60. The van der Waals surface area contributed by atoms with Crippen LogP contribution in [-0.4, -0.2) is 264 Å². The van der Waals surface area contributed by atoms with Crippen molar-refractivity contribution < 1.29 is 80.5 Å². The molecular formula is C66H112O17Si5. The van der Waals surface area contributed by atoms with Crippen molar-refractivity contribution in [2.75, 3.05) is 152 Å². The third-order valence-corrected chi connectivity index (χ3v) is 28.9. The highest BCUT2D eigenvalue weighted by Crippen LogP contribution is 2.62. The standard InChI is InChI=1S/3C15H26O4Si.C11H16O2Si.C10H18O3Si/c20-14-2-11-1-10(14)3-15(11,8-16-4-12-6-18-12)9-17-5-13-7-19-13;20-14-2-10-1-13(14)15(3-10,8-16-4-11-6-18-11)9-17-5-12-7-19-12;20-15-2-9-1-12(15)14(8-17-4-11-6-19-11)13(9)7-16-3-10-5-18-10;14-6-5-9-1-3-10(4-2-9)12-7-11-8-13-11;14-10-2-8-6(1-9(10)13-8)3-11-4-7-5-12-7/h2*10-14H,1-9H2,20H3;9-15H,1-8H2,20H3;1-4,11H,5-8H2,14H3;6-10H,1-5H2,14H3. The zero-order valence-corrected chi connectivity index (χ0v) is 64.3. The summed E-state index contributed by atoms with van der Waals surface area (Å²) in [5.74, 6) is 8.46. The maximum Gasteiger partial charge on any atom is 0.119 e. The molecule has 10 aliphatic heterocycles. The molecule has 22 heteroatoms. The Morgan fingerprint density at radius 3 is 1.35 bits per heavy atom. The highest BCUT2D eigenvalue weighted by molar-refractivity contribution is 6.13. The van der Waals surface area contributed by atoms with E-state index in [9.17, 15) is 0 Å². The van der Waals surface area contributed by atoms with E-state index < -0.39 is 0 Å². The summed E-state index contributed by atoms with van der Waals surface area (Å²) in [4.78, 5) is 0. The molecule has 0 aromatic heterocycles.